The van der Waals surface area contributed by atoms with Crippen LogP contribution in [0.3, 0.4) is 0 Å². The van der Waals surface area contributed by atoms with E-state index in [1.807, 2.05) is 11.3 Å². The molecule has 9 rings (SSSR count). The molecule has 0 N–H and O–H groups in total. The van der Waals surface area contributed by atoms with Crippen molar-refractivity contribution in [1.29, 1.82) is 0 Å². The van der Waals surface area contributed by atoms with Gasteiger partial charge < -0.3 is 14.7 Å². The Labute approximate surface area is 308 Å². The third kappa shape index (κ3) is 5.85. The van der Waals surface area contributed by atoms with Crippen molar-refractivity contribution in [2.45, 2.75) is 0 Å². The highest BCUT2D eigenvalue weighted by atomic mass is 32.1. The third-order valence-corrected chi connectivity index (χ3v) is 10.5. The Bertz CT molecular complexity index is 2440. The maximum atomic E-state index is 2.41. The fourth-order valence-corrected chi connectivity index (χ4v) is 8.33. The van der Waals surface area contributed by atoms with Gasteiger partial charge in [0.1, 0.15) is 0 Å². The Balaban J connectivity index is 1.40. The fraction of sp³-hybridized carbons (Fsp3) is 0. The van der Waals surface area contributed by atoms with Gasteiger partial charge in [0.2, 0.25) is 0 Å². The molecule has 1 heterocycles. The summed E-state index contributed by atoms with van der Waals surface area (Å²) < 4.78 is 2.44. The van der Waals surface area contributed by atoms with Crippen molar-refractivity contribution in [3.63, 3.8) is 0 Å². The lowest BCUT2D eigenvalue weighted by Crippen LogP contribution is -2.14. The number of thiophene rings is 1. The lowest BCUT2D eigenvalue weighted by molar-refractivity contribution is 1.26. The van der Waals surface area contributed by atoms with Gasteiger partial charge in [-0.05, 0) is 97.1 Å². The van der Waals surface area contributed by atoms with Gasteiger partial charge in [-0.15, -0.1) is 11.3 Å². The molecule has 0 unspecified atom stereocenters. The number of nitrogens with zero attached hydrogens (tertiary/aromatic N) is 3. The Kier molecular flexibility index (Phi) is 8.41. The second kappa shape index (κ2) is 13.9. The van der Waals surface area contributed by atoms with Crippen LogP contribution in [0.5, 0.6) is 0 Å². The van der Waals surface area contributed by atoms with Gasteiger partial charge in [-0.25, -0.2) is 0 Å². The van der Waals surface area contributed by atoms with Crippen LogP contribution in [0.25, 0.3) is 20.2 Å². The molecule has 1 aromatic heterocycles. The third-order valence-electron chi connectivity index (χ3n) is 9.37. The summed E-state index contributed by atoms with van der Waals surface area (Å²) in [5, 5.41) is 2.43. The van der Waals surface area contributed by atoms with Gasteiger partial charge >= 0.3 is 0 Å². The van der Waals surface area contributed by atoms with Crippen LogP contribution < -0.4 is 14.7 Å². The van der Waals surface area contributed by atoms with E-state index in [4.69, 9.17) is 0 Å². The highest BCUT2D eigenvalue weighted by Crippen LogP contribution is 2.52. The van der Waals surface area contributed by atoms with Gasteiger partial charge in [0.25, 0.3) is 0 Å². The van der Waals surface area contributed by atoms with E-state index in [1.165, 1.54) is 20.2 Å². The average molecular weight is 686 g/mol. The van der Waals surface area contributed by atoms with Crippen LogP contribution in [-0.2, 0) is 0 Å². The molecule has 0 bridgehead atoms. The lowest BCUT2D eigenvalue weighted by Gasteiger charge is -2.31. The highest BCUT2D eigenvalue weighted by Gasteiger charge is 2.25. The van der Waals surface area contributed by atoms with Gasteiger partial charge in [-0.1, -0.05) is 115 Å². The number of anilines is 9. The summed E-state index contributed by atoms with van der Waals surface area (Å²) in [7, 11) is 0. The second-order valence-electron chi connectivity index (χ2n) is 12.6. The molecule has 0 spiro atoms. The molecule has 8 aromatic carbocycles. The van der Waals surface area contributed by atoms with Crippen LogP contribution in [-0.4, -0.2) is 0 Å². The molecule has 0 fully saturated rings. The first-order valence-corrected chi connectivity index (χ1v) is 18.4. The topological polar surface area (TPSA) is 9.72 Å². The van der Waals surface area contributed by atoms with Crippen molar-refractivity contribution in [3.05, 3.63) is 212 Å². The molecule has 0 radical (unpaired) electrons. The van der Waals surface area contributed by atoms with Crippen molar-refractivity contribution in [1.82, 2.24) is 0 Å². The van der Waals surface area contributed by atoms with Crippen LogP contribution in [0.2, 0.25) is 0 Å². The number of fused-ring (bicyclic) bond motifs is 3. The Hall–Kier alpha value is -6.62. The average Bonchev–Trinajstić information content (AvgIpc) is 3.60. The molecular formula is C48H35N3S. The first kappa shape index (κ1) is 31.4. The monoisotopic (exact) mass is 685 g/mol. The van der Waals surface area contributed by atoms with E-state index in [9.17, 15) is 0 Å². The number of benzene rings is 8. The largest absolute Gasteiger partial charge is 0.310 e. The van der Waals surface area contributed by atoms with Gasteiger partial charge in [0, 0.05) is 60.0 Å². The molecule has 248 valence electrons. The van der Waals surface area contributed by atoms with E-state index < -0.39 is 0 Å². The molecule has 0 saturated heterocycles. The zero-order valence-corrected chi connectivity index (χ0v) is 29.3. The summed E-state index contributed by atoms with van der Waals surface area (Å²) >= 11 is 1.85. The first-order chi connectivity index (χ1) is 25.8. The molecule has 0 aliphatic carbocycles. The molecule has 0 aliphatic heterocycles. The molecular weight excluding hydrogens is 651 g/mol. The van der Waals surface area contributed by atoms with Gasteiger partial charge in [0.15, 0.2) is 0 Å². The van der Waals surface area contributed by atoms with Gasteiger partial charge in [0.05, 0.1) is 11.4 Å². The van der Waals surface area contributed by atoms with E-state index >= 15 is 0 Å². The van der Waals surface area contributed by atoms with E-state index in [0.717, 1.165) is 51.2 Å². The van der Waals surface area contributed by atoms with Crippen LogP contribution in [0.15, 0.2) is 212 Å². The van der Waals surface area contributed by atoms with Crippen molar-refractivity contribution in [2.24, 2.45) is 0 Å². The number of rotatable bonds is 9. The van der Waals surface area contributed by atoms with Crippen LogP contribution in [0, 0.1) is 0 Å². The van der Waals surface area contributed by atoms with E-state index in [1.54, 1.807) is 0 Å². The molecule has 0 atom stereocenters. The SMILES string of the molecule is c1ccc(N(c2ccccc2)c2cc(N(c3ccccc3)c3ccccc3)c3c(c2)sc2cccc(N(c4ccccc4)c4ccccc4)c23)cc1. The summed E-state index contributed by atoms with van der Waals surface area (Å²) in [5.41, 5.74) is 9.96. The van der Waals surface area contributed by atoms with Crippen molar-refractivity contribution in [3.8, 4) is 0 Å². The van der Waals surface area contributed by atoms with E-state index in [2.05, 4.69) is 227 Å². The van der Waals surface area contributed by atoms with Gasteiger partial charge in [-0.3, -0.25) is 0 Å². The Morgan fingerprint density at radius 3 is 1.00 bits per heavy atom. The van der Waals surface area contributed by atoms with Crippen LogP contribution in [0.1, 0.15) is 0 Å². The summed E-state index contributed by atoms with van der Waals surface area (Å²) in [6.45, 7) is 0. The minimum absolute atomic E-state index is 1.09. The smallest absolute Gasteiger partial charge is 0.0576 e. The fourth-order valence-electron chi connectivity index (χ4n) is 7.15. The van der Waals surface area contributed by atoms with Crippen LogP contribution in [0.4, 0.5) is 51.2 Å². The Morgan fingerprint density at radius 2 is 0.596 bits per heavy atom. The summed E-state index contributed by atoms with van der Waals surface area (Å²) in [6.07, 6.45) is 0. The summed E-state index contributed by atoms with van der Waals surface area (Å²) in [5.74, 6) is 0. The lowest BCUT2D eigenvalue weighted by atomic mass is 10.0. The molecule has 3 nitrogen and oxygen atoms in total. The normalized spacial score (nSPS) is 11.1. The molecule has 0 aliphatic rings. The van der Waals surface area contributed by atoms with Crippen LogP contribution >= 0.6 is 11.3 Å². The standard InChI is InChI=1S/C48H35N3S/c1-7-20-36(21-8-1)49(37-22-9-2-10-23-37)42-34-44(51(40-28-15-5-16-29-40)41-30-17-6-18-31-41)48-46(35-42)52-45-33-19-32-43(47(45)48)50(38-24-11-3-12-25-38)39-26-13-4-14-27-39/h1-35H. The maximum absolute atomic E-state index is 2.41. The maximum Gasteiger partial charge on any atom is 0.0576 e. The molecule has 52 heavy (non-hydrogen) atoms. The predicted molar refractivity (Wildman–Crippen MR) is 223 cm³/mol. The number of hydrogen-bond donors (Lipinski definition) is 0. The van der Waals surface area contributed by atoms with Crippen molar-refractivity contribution >= 4 is 82.7 Å². The van der Waals surface area contributed by atoms with E-state index in [-0.39, 0.29) is 0 Å². The number of para-hydroxylation sites is 6. The summed E-state index contributed by atoms with van der Waals surface area (Å²) in [4.78, 5) is 7.17. The summed E-state index contributed by atoms with van der Waals surface area (Å²) in [6, 6.07) is 75.6. The van der Waals surface area contributed by atoms with Crippen molar-refractivity contribution < 1.29 is 0 Å². The Morgan fingerprint density at radius 1 is 0.250 bits per heavy atom. The van der Waals surface area contributed by atoms with Crippen molar-refractivity contribution in [2.75, 3.05) is 14.7 Å². The second-order valence-corrected chi connectivity index (χ2v) is 13.7. The quantitative estimate of drug-likeness (QED) is 0.150. The van der Waals surface area contributed by atoms with E-state index in [0.29, 0.717) is 0 Å². The highest BCUT2D eigenvalue weighted by molar-refractivity contribution is 7.26. The minimum atomic E-state index is 1.09. The number of hydrogen-bond acceptors (Lipinski definition) is 4. The molecule has 0 saturated carbocycles. The zero-order chi connectivity index (χ0) is 34.7. The minimum Gasteiger partial charge on any atom is -0.310 e. The molecule has 4 heteroatoms. The first-order valence-electron chi connectivity index (χ1n) is 17.5. The zero-order valence-electron chi connectivity index (χ0n) is 28.5. The molecule has 9 aromatic rings. The molecule has 0 amide bonds. The van der Waals surface area contributed by atoms with Gasteiger partial charge in [-0.2, -0.15) is 0 Å². The predicted octanol–water partition coefficient (Wildman–Crippen LogP) is 14.5.